The van der Waals surface area contributed by atoms with Crippen LogP contribution in [0.2, 0.25) is 10.0 Å². The fourth-order valence-electron chi connectivity index (χ4n) is 6.32. The SMILES string of the molecule is COc1nc(-c2cccc(-c3cccc(Nc4ncnc5cccnc45)c3Cl)c2Cl)cc2c1[C@@H](NCC[C@@H]1CCC(=O)N1)CC2. The van der Waals surface area contributed by atoms with Crippen molar-refractivity contribution < 1.29 is 9.53 Å². The number of rotatable bonds is 9. The van der Waals surface area contributed by atoms with Crippen LogP contribution in [0.15, 0.2) is 67.1 Å². The van der Waals surface area contributed by atoms with Crippen molar-refractivity contribution in [1.29, 1.82) is 0 Å². The molecule has 5 aromatic rings. The first-order valence-electron chi connectivity index (χ1n) is 15.0. The second-order valence-electron chi connectivity index (χ2n) is 11.3. The number of methoxy groups -OCH3 is 1. The van der Waals surface area contributed by atoms with Crippen LogP contribution in [-0.4, -0.2) is 45.5 Å². The molecular weight excluding hydrogens is 609 g/mol. The van der Waals surface area contributed by atoms with Gasteiger partial charge in [0.1, 0.15) is 11.8 Å². The van der Waals surface area contributed by atoms with E-state index < -0.39 is 0 Å². The summed E-state index contributed by atoms with van der Waals surface area (Å²) in [5.74, 6) is 1.31. The van der Waals surface area contributed by atoms with E-state index in [4.69, 9.17) is 32.9 Å². The molecule has 228 valence electrons. The van der Waals surface area contributed by atoms with Crippen LogP contribution in [0.4, 0.5) is 11.5 Å². The lowest BCUT2D eigenvalue weighted by Crippen LogP contribution is -2.30. The van der Waals surface area contributed by atoms with Gasteiger partial charge < -0.3 is 20.7 Å². The maximum absolute atomic E-state index is 11.6. The van der Waals surface area contributed by atoms with Gasteiger partial charge in [-0.25, -0.2) is 15.0 Å². The summed E-state index contributed by atoms with van der Waals surface area (Å²) in [5.41, 5.74) is 7.45. The molecule has 2 atom stereocenters. The van der Waals surface area contributed by atoms with E-state index in [9.17, 15) is 4.79 Å². The molecule has 0 spiro atoms. The van der Waals surface area contributed by atoms with Gasteiger partial charge in [-0.05, 0) is 62.1 Å². The number of carbonyl (C=O) groups is 1. The summed E-state index contributed by atoms with van der Waals surface area (Å²) in [6, 6.07) is 17.9. The molecule has 45 heavy (non-hydrogen) atoms. The van der Waals surface area contributed by atoms with Crippen LogP contribution >= 0.6 is 23.2 Å². The highest BCUT2D eigenvalue weighted by Crippen LogP contribution is 2.44. The average Bonchev–Trinajstić information content (AvgIpc) is 3.67. The summed E-state index contributed by atoms with van der Waals surface area (Å²) in [7, 11) is 1.66. The number of fused-ring (bicyclic) bond motifs is 2. The van der Waals surface area contributed by atoms with Crippen LogP contribution in [0, 0.1) is 0 Å². The number of aromatic nitrogens is 4. The van der Waals surface area contributed by atoms with E-state index in [1.807, 2.05) is 48.5 Å². The van der Waals surface area contributed by atoms with Crippen molar-refractivity contribution in [3.8, 4) is 28.3 Å². The molecule has 0 saturated carbocycles. The highest BCUT2D eigenvalue weighted by Gasteiger charge is 2.29. The topological polar surface area (TPSA) is 114 Å². The van der Waals surface area contributed by atoms with Crippen LogP contribution in [0.25, 0.3) is 33.4 Å². The molecule has 1 fully saturated rings. The third kappa shape index (κ3) is 5.79. The molecule has 1 amide bonds. The number of halogens is 2. The molecule has 2 aromatic carbocycles. The van der Waals surface area contributed by atoms with E-state index in [1.165, 1.54) is 11.9 Å². The molecular formula is C34H31Cl2N7O2. The van der Waals surface area contributed by atoms with Crippen LogP contribution in [0.3, 0.4) is 0 Å². The molecule has 0 bridgehead atoms. The molecule has 1 saturated heterocycles. The van der Waals surface area contributed by atoms with Gasteiger partial charge in [-0.2, -0.15) is 0 Å². The van der Waals surface area contributed by atoms with Crippen LogP contribution in [0.5, 0.6) is 5.88 Å². The average molecular weight is 641 g/mol. The maximum atomic E-state index is 11.6. The zero-order valence-electron chi connectivity index (χ0n) is 24.6. The number of benzene rings is 2. The first-order chi connectivity index (χ1) is 22.0. The quantitative estimate of drug-likeness (QED) is 0.157. The van der Waals surface area contributed by atoms with Gasteiger partial charge >= 0.3 is 0 Å². The molecule has 1 aliphatic carbocycles. The van der Waals surface area contributed by atoms with Crippen molar-refractivity contribution in [3.05, 3.63) is 88.3 Å². The molecule has 1 aliphatic heterocycles. The fourth-order valence-corrected chi connectivity index (χ4v) is 6.92. The minimum absolute atomic E-state index is 0.145. The van der Waals surface area contributed by atoms with Gasteiger partial charge in [-0.3, -0.25) is 9.78 Å². The Balaban J connectivity index is 1.16. The molecule has 4 heterocycles. The first kappa shape index (κ1) is 29.4. The number of nitrogens with zero attached hydrogens (tertiary/aromatic N) is 4. The van der Waals surface area contributed by atoms with Gasteiger partial charge in [0.05, 0.1) is 34.1 Å². The van der Waals surface area contributed by atoms with E-state index >= 15 is 0 Å². The fraction of sp³-hybridized carbons (Fsp3) is 0.265. The normalized spacial score (nSPS) is 17.4. The Morgan fingerprint density at radius 1 is 0.956 bits per heavy atom. The van der Waals surface area contributed by atoms with Crippen molar-refractivity contribution in [2.75, 3.05) is 19.0 Å². The summed E-state index contributed by atoms with van der Waals surface area (Å²) in [6.07, 6.45) is 7.48. The Labute approximate surface area is 270 Å². The van der Waals surface area contributed by atoms with Crippen LogP contribution in [0.1, 0.15) is 42.9 Å². The van der Waals surface area contributed by atoms with Gasteiger partial charge in [0.15, 0.2) is 5.82 Å². The first-order valence-corrected chi connectivity index (χ1v) is 15.8. The predicted octanol–water partition coefficient (Wildman–Crippen LogP) is 7.06. The van der Waals surface area contributed by atoms with Crippen molar-refractivity contribution in [1.82, 2.24) is 30.6 Å². The summed E-state index contributed by atoms with van der Waals surface area (Å²) >= 11 is 14.1. The standard InChI is InChI=1S/C34H31Cl2N7O2/c1-45-34-29-19(10-12-24(29)37-16-14-20-11-13-28(44)41-20)17-27(43-34)23-7-2-5-21(30(23)35)22-6-3-8-25(31(22)36)42-33-32-26(39-18-40-33)9-4-15-38-32/h2-9,15,17-18,20,24,37H,10-14,16H2,1H3,(H,41,44)(H,39,40,42)/t20-,24-/m0/s1. The highest BCUT2D eigenvalue weighted by molar-refractivity contribution is 6.39. The molecule has 2 aliphatic rings. The van der Waals surface area contributed by atoms with E-state index in [-0.39, 0.29) is 18.0 Å². The number of amides is 1. The molecule has 0 radical (unpaired) electrons. The second-order valence-corrected chi connectivity index (χ2v) is 12.0. The predicted molar refractivity (Wildman–Crippen MR) is 177 cm³/mol. The molecule has 3 aromatic heterocycles. The number of nitrogens with one attached hydrogen (secondary N) is 3. The monoisotopic (exact) mass is 639 g/mol. The van der Waals surface area contributed by atoms with Gasteiger partial charge in [0, 0.05) is 47.0 Å². The number of hydrogen-bond acceptors (Lipinski definition) is 8. The number of ether oxygens (including phenoxy) is 1. The number of aryl methyl sites for hydroxylation is 1. The Bertz CT molecular complexity index is 1910. The minimum atomic E-state index is 0.145. The second kappa shape index (κ2) is 12.6. The van der Waals surface area contributed by atoms with Crippen molar-refractivity contribution in [2.45, 2.75) is 44.2 Å². The molecule has 9 nitrogen and oxygen atoms in total. The van der Waals surface area contributed by atoms with Crippen molar-refractivity contribution in [2.24, 2.45) is 0 Å². The number of carbonyl (C=O) groups excluding carboxylic acids is 1. The third-order valence-corrected chi connectivity index (χ3v) is 9.35. The molecule has 3 N–H and O–H groups in total. The van der Waals surface area contributed by atoms with Gasteiger partial charge in [-0.1, -0.05) is 53.5 Å². The Kier molecular flexibility index (Phi) is 8.23. The summed E-state index contributed by atoms with van der Waals surface area (Å²) in [6.45, 7) is 0.812. The van der Waals surface area contributed by atoms with Crippen LogP contribution in [-0.2, 0) is 11.2 Å². The number of pyridine rings is 2. The summed E-state index contributed by atoms with van der Waals surface area (Å²) < 4.78 is 5.82. The lowest BCUT2D eigenvalue weighted by Gasteiger charge is -2.19. The van der Waals surface area contributed by atoms with Gasteiger partial charge in [0.25, 0.3) is 0 Å². The Morgan fingerprint density at radius 2 is 1.78 bits per heavy atom. The highest BCUT2D eigenvalue weighted by atomic mass is 35.5. The van der Waals surface area contributed by atoms with Gasteiger partial charge in [0.2, 0.25) is 11.8 Å². The lowest BCUT2D eigenvalue weighted by atomic mass is 9.99. The van der Waals surface area contributed by atoms with Crippen LogP contribution < -0.4 is 20.7 Å². The van der Waals surface area contributed by atoms with Gasteiger partial charge in [-0.15, -0.1) is 0 Å². The Morgan fingerprint density at radius 3 is 2.60 bits per heavy atom. The van der Waals surface area contributed by atoms with Crippen molar-refractivity contribution >= 4 is 51.6 Å². The zero-order chi connectivity index (χ0) is 30.9. The Hall–Kier alpha value is -4.31. The zero-order valence-corrected chi connectivity index (χ0v) is 26.1. The maximum Gasteiger partial charge on any atom is 0.220 e. The third-order valence-electron chi connectivity index (χ3n) is 8.53. The number of anilines is 2. The lowest BCUT2D eigenvalue weighted by molar-refractivity contribution is -0.119. The molecule has 11 heteroatoms. The minimum Gasteiger partial charge on any atom is -0.481 e. The smallest absolute Gasteiger partial charge is 0.220 e. The van der Waals surface area contributed by atoms with Crippen molar-refractivity contribution in [3.63, 3.8) is 0 Å². The largest absolute Gasteiger partial charge is 0.481 e. The van der Waals surface area contributed by atoms with E-state index in [1.54, 1.807) is 13.3 Å². The molecule has 7 rings (SSSR count). The molecule has 0 unspecified atom stereocenters. The van der Waals surface area contributed by atoms with E-state index in [0.717, 1.165) is 65.7 Å². The summed E-state index contributed by atoms with van der Waals surface area (Å²) in [5, 5.41) is 11.1. The van der Waals surface area contributed by atoms with E-state index in [2.05, 4.69) is 37.0 Å². The van der Waals surface area contributed by atoms with E-state index in [0.29, 0.717) is 39.4 Å². The number of hydrogen-bond donors (Lipinski definition) is 3. The summed E-state index contributed by atoms with van der Waals surface area (Å²) in [4.78, 5) is 29.6.